The van der Waals surface area contributed by atoms with E-state index in [1.54, 1.807) is 20.3 Å². The number of carbonyl (C=O) groups is 1. The first kappa shape index (κ1) is 21.6. The molecule has 1 atom stereocenters. The van der Waals surface area contributed by atoms with Crippen molar-refractivity contribution in [1.29, 1.82) is 0 Å². The molecule has 28 heavy (non-hydrogen) atoms. The molecule has 0 aliphatic carbocycles. The van der Waals surface area contributed by atoms with Gasteiger partial charge in [0, 0.05) is 12.1 Å². The molecular weight excluding hydrogens is 373 g/mol. The minimum absolute atomic E-state index is 0.165. The number of ether oxygens (including phenoxy) is 2. The van der Waals surface area contributed by atoms with Gasteiger partial charge in [-0.05, 0) is 56.1 Å². The number of nitrogens with one attached hydrogen (secondary N) is 1. The van der Waals surface area contributed by atoms with Crippen LogP contribution in [0.3, 0.4) is 0 Å². The lowest BCUT2D eigenvalue weighted by Gasteiger charge is -2.26. The summed E-state index contributed by atoms with van der Waals surface area (Å²) in [5.74, 6) is 0.722. The number of methoxy groups -OCH3 is 2. The van der Waals surface area contributed by atoms with Gasteiger partial charge in [-0.3, -0.25) is 4.79 Å². The number of hydrogen-bond acceptors (Lipinski definition) is 4. The van der Waals surface area contributed by atoms with Crippen LogP contribution in [0.15, 0.2) is 42.5 Å². The molecule has 2 aromatic carbocycles. The largest absolute Gasteiger partial charge is 0.493 e. The summed E-state index contributed by atoms with van der Waals surface area (Å²) in [6.45, 7) is 0.266. The highest BCUT2D eigenvalue weighted by atomic mass is 19.4. The van der Waals surface area contributed by atoms with Crippen molar-refractivity contribution >= 4 is 5.91 Å². The Hall–Kier alpha value is -2.74. The van der Waals surface area contributed by atoms with Crippen LogP contribution in [0.25, 0.3) is 0 Å². The van der Waals surface area contributed by atoms with E-state index in [9.17, 15) is 18.0 Å². The molecule has 0 aliphatic rings. The van der Waals surface area contributed by atoms with Gasteiger partial charge in [0.05, 0.1) is 25.8 Å². The lowest BCUT2D eigenvalue weighted by Crippen LogP contribution is -2.34. The maximum Gasteiger partial charge on any atom is 0.416 e. The highest BCUT2D eigenvalue weighted by Crippen LogP contribution is 2.31. The second kappa shape index (κ2) is 8.97. The smallest absolute Gasteiger partial charge is 0.416 e. The van der Waals surface area contributed by atoms with E-state index in [-0.39, 0.29) is 18.2 Å². The number of nitrogens with zero attached hydrogens (tertiary/aromatic N) is 1. The number of benzene rings is 2. The van der Waals surface area contributed by atoms with Gasteiger partial charge in [-0.1, -0.05) is 6.07 Å². The lowest BCUT2D eigenvalue weighted by atomic mass is 10.0. The van der Waals surface area contributed by atoms with Crippen molar-refractivity contribution in [2.75, 3.05) is 34.9 Å². The number of carbonyl (C=O) groups excluding carboxylic acids is 1. The van der Waals surface area contributed by atoms with Crippen LogP contribution in [0.4, 0.5) is 13.2 Å². The van der Waals surface area contributed by atoms with Crippen LogP contribution in [-0.4, -0.2) is 45.7 Å². The fourth-order valence-electron chi connectivity index (χ4n) is 2.76. The van der Waals surface area contributed by atoms with Gasteiger partial charge in [0.25, 0.3) is 5.91 Å². The maximum atomic E-state index is 12.6. The molecule has 1 amide bonds. The third-order valence-electron chi connectivity index (χ3n) is 4.35. The van der Waals surface area contributed by atoms with Crippen LogP contribution >= 0.6 is 0 Å². The summed E-state index contributed by atoms with van der Waals surface area (Å²) < 4.78 is 48.5. The molecule has 5 nitrogen and oxygen atoms in total. The number of amides is 1. The van der Waals surface area contributed by atoms with E-state index >= 15 is 0 Å². The van der Waals surface area contributed by atoms with Gasteiger partial charge >= 0.3 is 6.18 Å². The molecule has 0 heterocycles. The average Bonchev–Trinajstić information content (AvgIpc) is 2.66. The number of likely N-dealkylation sites (N-methyl/N-ethyl adjacent to an activating group) is 1. The third-order valence-corrected chi connectivity index (χ3v) is 4.35. The van der Waals surface area contributed by atoms with Crippen molar-refractivity contribution in [3.05, 3.63) is 59.2 Å². The Labute approximate surface area is 162 Å². The number of alkyl halides is 3. The van der Waals surface area contributed by atoms with Gasteiger partial charge in [-0.25, -0.2) is 0 Å². The van der Waals surface area contributed by atoms with Gasteiger partial charge < -0.3 is 19.7 Å². The van der Waals surface area contributed by atoms with E-state index in [2.05, 4.69) is 5.32 Å². The molecule has 2 aromatic rings. The molecule has 2 rings (SSSR count). The molecule has 8 heteroatoms. The molecule has 0 radical (unpaired) electrons. The molecule has 152 valence electrons. The molecule has 0 saturated heterocycles. The van der Waals surface area contributed by atoms with Crippen LogP contribution < -0.4 is 14.8 Å². The topological polar surface area (TPSA) is 50.8 Å². The molecule has 0 fully saturated rings. The van der Waals surface area contributed by atoms with Crippen molar-refractivity contribution in [2.45, 2.75) is 12.2 Å². The van der Waals surface area contributed by atoms with Crippen molar-refractivity contribution in [2.24, 2.45) is 0 Å². The second-order valence-corrected chi connectivity index (χ2v) is 6.38. The number of rotatable bonds is 7. The summed E-state index contributed by atoms with van der Waals surface area (Å²) in [6, 6.07) is 9.43. The van der Waals surface area contributed by atoms with Gasteiger partial charge in [-0.15, -0.1) is 0 Å². The van der Waals surface area contributed by atoms with Crippen molar-refractivity contribution in [1.82, 2.24) is 10.2 Å². The van der Waals surface area contributed by atoms with E-state index in [0.717, 1.165) is 17.7 Å². The Kier molecular flexibility index (Phi) is 6.90. The Balaban J connectivity index is 2.12. The summed E-state index contributed by atoms with van der Waals surface area (Å²) >= 11 is 0. The highest BCUT2D eigenvalue weighted by molar-refractivity contribution is 5.94. The standard InChI is InChI=1S/C20H23F3N2O3/c1-25(2)16(14-7-10-17(27-3)18(11-14)28-4)12-24-19(26)13-5-8-15(9-6-13)20(21,22)23/h5-11,16H,12H2,1-4H3,(H,24,26). The van der Waals surface area contributed by atoms with Crippen LogP contribution in [0, 0.1) is 0 Å². The maximum absolute atomic E-state index is 12.6. The first-order chi connectivity index (χ1) is 13.2. The summed E-state index contributed by atoms with van der Waals surface area (Å²) in [6.07, 6.45) is -4.43. The minimum Gasteiger partial charge on any atom is -0.493 e. The number of hydrogen-bond donors (Lipinski definition) is 1. The van der Waals surface area contributed by atoms with Crippen molar-refractivity contribution in [3.8, 4) is 11.5 Å². The summed E-state index contributed by atoms with van der Waals surface area (Å²) in [4.78, 5) is 14.3. The van der Waals surface area contributed by atoms with Crippen LogP contribution in [0.5, 0.6) is 11.5 Å². The molecule has 0 bridgehead atoms. The van der Waals surface area contributed by atoms with Gasteiger partial charge in [-0.2, -0.15) is 13.2 Å². The van der Waals surface area contributed by atoms with Crippen LogP contribution in [0.1, 0.15) is 27.5 Å². The Morgan fingerprint density at radius 1 is 1.04 bits per heavy atom. The van der Waals surface area contributed by atoms with Gasteiger partial charge in [0.2, 0.25) is 0 Å². The highest BCUT2D eigenvalue weighted by Gasteiger charge is 2.30. The second-order valence-electron chi connectivity index (χ2n) is 6.38. The molecule has 0 spiro atoms. The van der Waals surface area contributed by atoms with E-state index in [1.807, 2.05) is 31.1 Å². The van der Waals surface area contributed by atoms with Crippen molar-refractivity contribution in [3.63, 3.8) is 0 Å². The predicted molar refractivity (Wildman–Crippen MR) is 99.8 cm³/mol. The zero-order valence-electron chi connectivity index (χ0n) is 16.1. The molecule has 0 saturated carbocycles. The van der Waals surface area contributed by atoms with E-state index in [0.29, 0.717) is 11.5 Å². The zero-order valence-corrected chi connectivity index (χ0v) is 16.1. The average molecular weight is 396 g/mol. The molecule has 0 aromatic heterocycles. The van der Waals surface area contributed by atoms with Gasteiger partial charge in [0.15, 0.2) is 11.5 Å². The van der Waals surface area contributed by atoms with E-state index < -0.39 is 17.6 Å². The minimum atomic E-state index is -4.43. The van der Waals surface area contributed by atoms with Crippen LogP contribution in [0.2, 0.25) is 0 Å². The lowest BCUT2D eigenvalue weighted by molar-refractivity contribution is -0.137. The fourth-order valence-corrected chi connectivity index (χ4v) is 2.76. The van der Waals surface area contributed by atoms with Gasteiger partial charge in [0.1, 0.15) is 0 Å². The molecule has 1 unspecified atom stereocenters. The first-order valence-corrected chi connectivity index (χ1v) is 8.51. The molecule has 0 aliphatic heterocycles. The molecular formula is C20H23F3N2O3. The van der Waals surface area contributed by atoms with Crippen LogP contribution in [-0.2, 0) is 6.18 Å². The quantitative estimate of drug-likeness (QED) is 0.775. The fraction of sp³-hybridized carbons (Fsp3) is 0.350. The molecule has 1 N–H and O–H groups in total. The Bertz CT molecular complexity index is 805. The summed E-state index contributed by atoms with van der Waals surface area (Å²) in [7, 11) is 6.82. The van der Waals surface area contributed by atoms with Crippen molar-refractivity contribution < 1.29 is 27.4 Å². The summed E-state index contributed by atoms with van der Waals surface area (Å²) in [5, 5.41) is 2.77. The zero-order chi connectivity index (χ0) is 20.9. The monoisotopic (exact) mass is 396 g/mol. The number of halogens is 3. The normalized spacial score (nSPS) is 12.6. The van der Waals surface area contributed by atoms with E-state index in [1.165, 1.54) is 12.1 Å². The van der Waals surface area contributed by atoms with E-state index in [4.69, 9.17) is 9.47 Å². The predicted octanol–water partition coefficient (Wildman–Crippen LogP) is 3.76. The Morgan fingerprint density at radius 2 is 1.64 bits per heavy atom. The Morgan fingerprint density at radius 3 is 2.14 bits per heavy atom. The third kappa shape index (κ3) is 5.16. The SMILES string of the molecule is COc1ccc(C(CNC(=O)c2ccc(C(F)(F)F)cc2)N(C)C)cc1OC. The first-order valence-electron chi connectivity index (χ1n) is 8.51. The summed E-state index contributed by atoms with van der Waals surface area (Å²) in [5.41, 5.74) is 0.272.